The molecule has 0 heterocycles. The van der Waals surface area contributed by atoms with E-state index in [1.165, 1.54) is 18.4 Å². The second kappa shape index (κ2) is 5.87. The minimum Gasteiger partial charge on any atom is -0.0856 e. The van der Waals surface area contributed by atoms with Crippen LogP contribution in [0, 0.1) is 6.92 Å². The number of hydrogen-bond acceptors (Lipinski definition) is 0. The Morgan fingerprint density at radius 1 is 1.56 bits per heavy atom. The van der Waals surface area contributed by atoms with Crippen molar-refractivity contribution in [2.75, 3.05) is 0 Å². The molecule has 0 aromatic heterocycles. The molecule has 0 nitrogen and oxygen atoms in total. The minimum absolute atomic E-state index is 1.03. The van der Waals surface area contributed by atoms with E-state index in [1.807, 2.05) is 0 Å². The van der Waals surface area contributed by atoms with Crippen molar-refractivity contribution in [3.8, 4) is 0 Å². The fourth-order valence-electron chi connectivity index (χ4n) is 0.845. The van der Waals surface area contributed by atoms with Crippen LogP contribution in [-0.4, -0.2) is 0 Å². The Kier molecular flexibility index (Phi) is 5.70. The van der Waals surface area contributed by atoms with E-state index in [9.17, 15) is 0 Å². The first-order valence-corrected chi connectivity index (χ1v) is 3.76. The van der Waals surface area contributed by atoms with Crippen molar-refractivity contribution in [2.45, 2.75) is 39.5 Å². The van der Waals surface area contributed by atoms with Gasteiger partial charge >= 0.3 is 0 Å². The summed E-state index contributed by atoms with van der Waals surface area (Å²) in [6.07, 6.45) is 6.98. The maximum atomic E-state index is 3.77. The summed E-state index contributed by atoms with van der Waals surface area (Å²) >= 11 is 0. The molecule has 9 heavy (non-hydrogen) atoms. The number of allylic oxidation sites excluding steroid dienone is 2. The van der Waals surface area contributed by atoms with Crippen LogP contribution in [0.3, 0.4) is 0 Å². The SMILES string of the molecule is [CH2]CC/C=C(\C)CCC. The molecule has 0 atom stereocenters. The largest absolute Gasteiger partial charge is 0.0856 e. The molecule has 0 spiro atoms. The van der Waals surface area contributed by atoms with E-state index in [0.29, 0.717) is 0 Å². The van der Waals surface area contributed by atoms with Crippen molar-refractivity contribution in [3.63, 3.8) is 0 Å². The molecule has 0 heteroatoms. The molecule has 0 aromatic rings. The lowest BCUT2D eigenvalue weighted by Gasteiger charge is -1.94. The first kappa shape index (κ1) is 8.74. The predicted molar refractivity (Wildman–Crippen MR) is 43.3 cm³/mol. The lowest BCUT2D eigenvalue weighted by molar-refractivity contribution is 0.888. The highest BCUT2D eigenvalue weighted by atomic mass is 13.9. The van der Waals surface area contributed by atoms with Crippen molar-refractivity contribution in [1.82, 2.24) is 0 Å². The van der Waals surface area contributed by atoms with Gasteiger partial charge in [-0.1, -0.05) is 31.9 Å². The van der Waals surface area contributed by atoms with Crippen LogP contribution in [-0.2, 0) is 0 Å². The molecule has 53 valence electrons. The van der Waals surface area contributed by atoms with Gasteiger partial charge in [-0.15, -0.1) is 0 Å². The van der Waals surface area contributed by atoms with Crippen molar-refractivity contribution in [3.05, 3.63) is 18.6 Å². The van der Waals surface area contributed by atoms with Crippen molar-refractivity contribution in [2.24, 2.45) is 0 Å². The molecule has 0 amide bonds. The van der Waals surface area contributed by atoms with E-state index in [1.54, 1.807) is 0 Å². The highest BCUT2D eigenvalue weighted by Crippen LogP contribution is 2.04. The van der Waals surface area contributed by atoms with Gasteiger partial charge in [0.15, 0.2) is 0 Å². The standard InChI is InChI=1S/C9H17/c1-4-6-8-9(3)7-5-2/h8H,1,4-7H2,2-3H3/b9-8+. The lowest BCUT2D eigenvalue weighted by atomic mass is 10.1. The average Bonchev–Trinajstić information content (AvgIpc) is 1.85. The minimum atomic E-state index is 1.03. The first-order chi connectivity index (χ1) is 4.31. The van der Waals surface area contributed by atoms with Gasteiger partial charge < -0.3 is 0 Å². The fourth-order valence-corrected chi connectivity index (χ4v) is 0.845. The van der Waals surface area contributed by atoms with Gasteiger partial charge in [0.1, 0.15) is 0 Å². The Morgan fingerprint density at radius 2 is 2.22 bits per heavy atom. The highest BCUT2D eigenvalue weighted by Gasteiger charge is 1.84. The Labute approximate surface area is 59.0 Å². The molecule has 0 N–H and O–H groups in total. The maximum Gasteiger partial charge on any atom is -0.0326 e. The molecule has 0 unspecified atom stereocenters. The van der Waals surface area contributed by atoms with E-state index >= 15 is 0 Å². The average molecular weight is 125 g/mol. The summed E-state index contributed by atoms with van der Waals surface area (Å²) in [5, 5.41) is 0. The van der Waals surface area contributed by atoms with Crippen LogP contribution in [0.1, 0.15) is 39.5 Å². The zero-order chi connectivity index (χ0) is 7.11. The monoisotopic (exact) mass is 125 g/mol. The molecule has 0 saturated heterocycles. The van der Waals surface area contributed by atoms with Crippen LogP contribution in [0.15, 0.2) is 11.6 Å². The van der Waals surface area contributed by atoms with Gasteiger partial charge in [-0.3, -0.25) is 0 Å². The van der Waals surface area contributed by atoms with E-state index in [4.69, 9.17) is 0 Å². The van der Waals surface area contributed by atoms with E-state index in [2.05, 4.69) is 26.8 Å². The van der Waals surface area contributed by atoms with Crippen LogP contribution in [0.2, 0.25) is 0 Å². The molecular formula is C9H17. The van der Waals surface area contributed by atoms with E-state index in [-0.39, 0.29) is 0 Å². The van der Waals surface area contributed by atoms with Crippen LogP contribution >= 0.6 is 0 Å². The van der Waals surface area contributed by atoms with Gasteiger partial charge in [0, 0.05) is 0 Å². The fraction of sp³-hybridized carbons (Fsp3) is 0.667. The predicted octanol–water partition coefficient (Wildman–Crippen LogP) is 3.35. The van der Waals surface area contributed by atoms with E-state index in [0.717, 1.165) is 12.8 Å². The Morgan fingerprint density at radius 3 is 2.67 bits per heavy atom. The second-order valence-corrected chi connectivity index (χ2v) is 2.44. The Bertz CT molecular complexity index is 80.0. The molecule has 0 fully saturated rings. The van der Waals surface area contributed by atoms with Gasteiger partial charge in [-0.25, -0.2) is 0 Å². The molecule has 0 aliphatic heterocycles. The summed E-state index contributed by atoms with van der Waals surface area (Å²) in [4.78, 5) is 0. The summed E-state index contributed by atoms with van der Waals surface area (Å²) < 4.78 is 0. The number of hydrogen-bond donors (Lipinski definition) is 0. The summed E-state index contributed by atoms with van der Waals surface area (Å²) in [6.45, 7) is 8.18. The van der Waals surface area contributed by atoms with Crippen LogP contribution in [0.4, 0.5) is 0 Å². The van der Waals surface area contributed by atoms with Crippen LogP contribution in [0.25, 0.3) is 0 Å². The van der Waals surface area contributed by atoms with E-state index < -0.39 is 0 Å². The molecule has 0 aliphatic carbocycles. The van der Waals surface area contributed by atoms with Gasteiger partial charge in [0.25, 0.3) is 0 Å². The Hall–Kier alpha value is -0.260. The Balaban J connectivity index is 3.30. The normalized spacial score (nSPS) is 12.1. The number of unbranched alkanes of at least 4 members (excludes halogenated alkanes) is 1. The van der Waals surface area contributed by atoms with Crippen LogP contribution in [0.5, 0.6) is 0 Å². The molecule has 0 bridgehead atoms. The quantitative estimate of drug-likeness (QED) is 0.505. The molecule has 0 saturated carbocycles. The van der Waals surface area contributed by atoms with Gasteiger partial charge in [-0.2, -0.15) is 0 Å². The maximum absolute atomic E-state index is 3.77. The molecule has 0 aliphatic rings. The van der Waals surface area contributed by atoms with Crippen molar-refractivity contribution >= 4 is 0 Å². The smallest absolute Gasteiger partial charge is 0.0326 e. The third-order valence-electron chi connectivity index (χ3n) is 1.34. The molecule has 0 rings (SSSR count). The molecular weight excluding hydrogens is 108 g/mol. The molecule has 1 radical (unpaired) electrons. The summed E-state index contributed by atoms with van der Waals surface area (Å²) in [5.41, 5.74) is 1.51. The van der Waals surface area contributed by atoms with Gasteiger partial charge in [0.2, 0.25) is 0 Å². The first-order valence-electron chi connectivity index (χ1n) is 3.76. The topological polar surface area (TPSA) is 0 Å². The summed E-state index contributed by atoms with van der Waals surface area (Å²) in [5.74, 6) is 0. The highest BCUT2D eigenvalue weighted by molar-refractivity contribution is 4.97. The zero-order valence-electron chi connectivity index (χ0n) is 6.61. The third-order valence-corrected chi connectivity index (χ3v) is 1.34. The number of rotatable bonds is 4. The lowest BCUT2D eigenvalue weighted by Crippen LogP contribution is -1.74. The van der Waals surface area contributed by atoms with Gasteiger partial charge in [0.05, 0.1) is 0 Å². The van der Waals surface area contributed by atoms with Crippen molar-refractivity contribution in [1.29, 1.82) is 0 Å². The van der Waals surface area contributed by atoms with Crippen molar-refractivity contribution < 1.29 is 0 Å². The van der Waals surface area contributed by atoms with Gasteiger partial charge in [-0.05, 0) is 26.2 Å². The molecule has 0 aromatic carbocycles. The summed E-state index contributed by atoms with van der Waals surface area (Å²) in [7, 11) is 0. The second-order valence-electron chi connectivity index (χ2n) is 2.44. The summed E-state index contributed by atoms with van der Waals surface area (Å²) in [6, 6.07) is 0. The third kappa shape index (κ3) is 5.61. The van der Waals surface area contributed by atoms with Crippen LogP contribution < -0.4 is 0 Å². The zero-order valence-corrected chi connectivity index (χ0v) is 6.61.